The van der Waals surface area contributed by atoms with Gasteiger partial charge in [-0.1, -0.05) is 0 Å². The summed E-state index contributed by atoms with van der Waals surface area (Å²) in [5.41, 5.74) is -1.31. The minimum absolute atomic E-state index is 0.184. The standard InChI is InChI=1S/C27H33N3O8/c1-14(13-31)10-20-29-18-11-15(36-4)7-8-16(18)21-22(29)19(12-26(2,3)38-37-20)30-24(33)17-6-5-9-28(17)25(34)27(30,35)23(21)32/h7-8,10-11,17,19-20,23,31-32,35H,5-6,9,12-13H2,1-4H3. The molecule has 204 valence electrons. The average molecular weight is 528 g/mol. The van der Waals surface area contributed by atoms with Crippen LogP contribution < -0.4 is 4.74 Å². The van der Waals surface area contributed by atoms with Crippen LogP contribution in [0.1, 0.15) is 69.7 Å². The maximum atomic E-state index is 14.0. The van der Waals surface area contributed by atoms with Crippen molar-refractivity contribution in [1.29, 1.82) is 0 Å². The van der Waals surface area contributed by atoms with E-state index >= 15 is 0 Å². The minimum Gasteiger partial charge on any atom is -0.497 e. The SMILES string of the molecule is COc1ccc2c3c4n(c2c1)C(C=C(C)CO)OOC(C)(C)CC4N1C(=O)C2CCCN2C(=O)C1(O)C3O. The maximum absolute atomic E-state index is 14.0. The molecule has 5 atom stereocenters. The molecule has 0 spiro atoms. The highest BCUT2D eigenvalue weighted by Crippen LogP contribution is 2.55. The number of aromatic nitrogens is 1. The zero-order chi connectivity index (χ0) is 27.1. The summed E-state index contributed by atoms with van der Waals surface area (Å²) in [6, 6.07) is 3.77. The summed E-state index contributed by atoms with van der Waals surface area (Å²) in [5, 5.41) is 34.3. The molecule has 3 N–H and O–H groups in total. The molecule has 2 saturated heterocycles. The molecule has 2 amide bonds. The highest BCUT2D eigenvalue weighted by Gasteiger charge is 2.66. The van der Waals surface area contributed by atoms with Gasteiger partial charge in [-0.25, -0.2) is 9.78 Å². The van der Waals surface area contributed by atoms with Crippen LogP contribution in [-0.2, 0) is 19.4 Å². The van der Waals surface area contributed by atoms with Crippen molar-refractivity contribution in [3.05, 3.63) is 41.1 Å². The molecule has 1 aromatic carbocycles. The first-order valence-electron chi connectivity index (χ1n) is 12.9. The van der Waals surface area contributed by atoms with Crippen LogP contribution in [0.5, 0.6) is 5.75 Å². The molecule has 2 aromatic rings. The first kappa shape index (κ1) is 25.3. The Balaban J connectivity index is 1.70. The summed E-state index contributed by atoms with van der Waals surface area (Å²) in [6.07, 6.45) is 0.424. The zero-order valence-corrected chi connectivity index (χ0v) is 21.9. The summed E-state index contributed by atoms with van der Waals surface area (Å²) in [6.45, 7) is 5.49. The molecule has 4 aliphatic heterocycles. The zero-order valence-electron chi connectivity index (χ0n) is 21.9. The number of aliphatic hydroxyl groups is 3. The second-order valence-corrected chi connectivity index (χ2v) is 11.3. The van der Waals surface area contributed by atoms with Gasteiger partial charge in [0.15, 0.2) is 6.23 Å². The molecule has 1 aromatic heterocycles. The van der Waals surface area contributed by atoms with Gasteiger partial charge in [0.05, 0.1) is 31.0 Å². The monoisotopic (exact) mass is 527 g/mol. The number of nitrogens with zero attached hydrogens (tertiary/aromatic N) is 3. The molecule has 4 aliphatic rings. The average Bonchev–Trinajstić information content (AvgIpc) is 3.50. The van der Waals surface area contributed by atoms with Gasteiger partial charge >= 0.3 is 0 Å². The van der Waals surface area contributed by atoms with Gasteiger partial charge in [0, 0.05) is 30.0 Å². The Hall–Kier alpha value is -2.96. The van der Waals surface area contributed by atoms with E-state index in [1.54, 1.807) is 49.6 Å². The van der Waals surface area contributed by atoms with E-state index in [1.165, 1.54) is 16.9 Å². The van der Waals surface area contributed by atoms with Crippen molar-refractivity contribution in [2.45, 2.75) is 75.8 Å². The number of carbonyl (C=O) groups is 2. The van der Waals surface area contributed by atoms with E-state index in [1.807, 2.05) is 0 Å². The lowest BCUT2D eigenvalue weighted by Gasteiger charge is -2.56. The van der Waals surface area contributed by atoms with Crippen molar-refractivity contribution >= 4 is 22.7 Å². The Kier molecular flexibility index (Phi) is 5.68. The highest BCUT2D eigenvalue weighted by molar-refractivity contribution is 6.01. The number of piperazine rings is 1. The maximum Gasteiger partial charge on any atom is 0.279 e. The number of fused-ring (bicyclic) bond motifs is 6. The van der Waals surface area contributed by atoms with E-state index in [9.17, 15) is 24.9 Å². The lowest BCUT2D eigenvalue weighted by molar-refractivity contribution is -0.390. The molecule has 0 radical (unpaired) electrons. The topological polar surface area (TPSA) is 134 Å². The molecule has 5 heterocycles. The fourth-order valence-corrected chi connectivity index (χ4v) is 6.55. The van der Waals surface area contributed by atoms with Gasteiger partial charge in [0.2, 0.25) is 5.91 Å². The number of ether oxygens (including phenoxy) is 1. The van der Waals surface area contributed by atoms with Crippen LogP contribution in [0.15, 0.2) is 29.8 Å². The van der Waals surface area contributed by atoms with Gasteiger partial charge in [-0.05, 0) is 57.4 Å². The predicted octanol–water partition coefficient (Wildman–Crippen LogP) is 1.83. The van der Waals surface area contributed by atoms with E-state index in [4.69, 9.17) is 14.5 Å². The Morgan fingerprint density at radius 2 is 2.03 bits per heavy atom. The lowest BCUT2D eigenvalue weighted by Crippen LogP contribution is -2.74. The van der Waals surface area contributed by atoms with Crippen LogP contribution in [0.2, 0.25) is 0 Å². The van der Waals surface area contributed by atoms with Gasteiger partial charge in [0.1, 0.15) is 23.5 Å². The molecule has 38 heavy (non-hydrogen) atoms. The molecular weight excluding hydrogens is 494 g/mol. The van der Waals surface area contributed by atoms with Crippen LogP contribution in [0.25, 0.3) is 10.9 Å². The van der Waals surface area contributed by atoms with E-state index in [2.05, 4.69) is 0 Å². The second-order valence-electron chi connectivity index (χ2n) is 11.3. The highest BCUT2D eigenvalue weighted by atomic mass is 17.2. The smallest absolute Gasteiger partial charge is 0.279 e. The number of amides is 2. The third-order valence-corrected chi connectivity index (χ3v) is 8.28. The summed E-state index contributed by atoms with van der Waals surface area (Å²) >= 11 is 0. The molecule has 0 aliphatic carbocycles. The molecule has 2 fully saturated rings. The second kappa shape index (κ2) is 8.52. The van der Waals surface area contributed by atoms with Crippen molar-refractivity contribution in [3.8, 4) is 5.75 Å². The van der Waals surface area contributed by atoms with Crippen molar-refractivity contribution < 1.29 is 39.4 Å². The Morgan fingerprint density at radius 3 is 2.74 bits per heavy atom. The van der Waals surface area contributed by atoms with Crippen LogP contribution in [-0.4, -0.2) is 79.1 Å². The van der Waals surface area contributed by atoms with Crippen molar-refractivity contribution in [1.82, 2.24) is 14.4 Å². The number of benzene rings is 1. The number of carbonyl (C=O) groups excluding carboxylic acids is 2. The predicted molar refractivity (Wildman–Crippen MR) is 133 cm³/mol. The lowest BCUT2D eigenvalue weighted by atomic mass is 9.79. The van der Waals surface area contributed by atoms with Gasteiger partial charge in [-0.2, -0.15) is 0 Å². The molecule has 6 rings (SSSR count). The van der Waals surface area contributed by atoms with E-state index < -0.39 is 47.6 Å². The third kappa shape index (κ3) is 3.32. The van der Waals surface area contributed by atoms with Crippen LogP contribution >= 0.6 is 0 Å². The molecule has 0 saturated carbocycles. The molecule has 11 nitrogen and oxygen atoms in total. The minimum atomic E-state index is -2.48. The third-order valence-electron chi connectivity index (χ3n) is 8.28. The number of aliphatic hydroxyl groups excluding tert-OH is 2. The summed E-state index contributed by atoms with van der Waals surface area (Å²) in [7, 11) is 1.54. The number of hydrogen-bond donors (Lipinski definition) is 3. The van der Waals surface area contributed by atoms with Crippen LogP contribution in [0, 0.1) is 0 Å². The van der Waals surface area contributed by atoms with Crippen LogP contribution in [0.3, 0.4) is 0 Å². The number of methoxy groups -OCH3 is 1. The van der Waals surface area contributed by atoms with Crippen molar-refractivity contribution in [3.63, 3.8) is 0 Å². The van der Waals surface area contributed by atoms with Crippen LogP contribution in [0.4, 0.5) is 0 Å². The largest absolute Gasteiger partial charge is 0.497 e. The molecular formula is C27H33N3O8. The molecule has 0 bridgehead atoms. The Labute approximate surface area is 219 Å². The van der Waals surface area contributed by atoms with Crippen molar-refractivity contribution in [2.75, 3.05) is 20.3 Å². The molecule has 5 unspecified atom stereocenters. The fraction of sp³-hybridized carbons (Fsp3) is 0.556. The summed E-state index contributed by atoms with van der Waals surface area (Å²) < 4.78 is 7.27. The Morgan fingerprint density at radius 1 is 1.26 bits per heavy atom. The van der Waals surface area contributed by atoms with Gasteiger partial charge in [-0.3, -0.25) is 14.5 Å². The normalized spacial score (nSPS) is 32.6. The van der Waals surface area contributed by atoms with Gasteiger partial charge < -0.3 is 29.5 Å². The molecule has 11 heteroatoms. The summed E-state index contributed by atoms with van der Waals surface area (Å²) in [5.74, 6) is -0.523. The van der Waals surface area contributed by atoms with E-state index in [0.29, 0.717) is 52.9 Å². The number of hydrogen-bond acceptors (Lipinski definition) is 8. The van der Waals surface area contributed by atoms with E-state index in [0.717, 1.165) is 0 Å². The quantitative estimate of drug-likeness (QED) is 0.407. The van der Waals surface area contributed by atoms with Gasteiger partial charge in [-0.15, -0.1) is 0 Å². The first-order chi connectivity index (χ1) is 18.0. The van der Waals surface area contributed by atoms with Crippen molar-refractivity contribution in [2.24, 2.45) is 0 Å². The van der Waals surface area contributed by atoms with Gasteiger partial charge in [0.25, 0.3) is 11.6 Å². The van der Waals surface area contributed by atoms with E-state index in [-0.39, 0.29) is 13.0 Å². The summed E-state index contributed by atoms with van der Waals surface area (Å²) in [4.78, 5) is 42.2. The number of rotatable bonds is 3. The fourth-order valence-electron chi connectivity index (χ4n) is 6.55. The first-order valence-corrected chi connectivity index (χ1v) is 12.9. The Bertz CT molecular complexity index is 1370.